The van der Waals surface area contributed by atoms with Gasteiger partial charge in [0, 0.05) is 11.1 Å². The molecule has 0 saturated carbocycles. The zero-order chi connectivity index (χ0) is 17.1. The molecular formula is C18H18F3NO. The average Bonchev–Trinajstić information content (AvgIpc) is 2.47. The second-order valence-electron chi connectivity index (χ2n) is 6.08. The maximum absolute atomic E-state index is 12.5. The predicted octanol–water partition coefficient (Wildman–Crippen LogP) is 4.91. The van der Waals surface area contributed by atoms with Crippen molar-refractivity contribution in [3.8, 4) is 0 Å². The van der Waals surface area contributed by atoms with Gasteiger partial charge in [-0.2, -0.15) is 13.2 Å². The van der Waals surface area contributed by atoms with E-state index in [0.29, 0.717) is 12.1 Å². The lowest BCUT2D eigenvalue weighted by molar-refractivity contribution is -0.137. The summed E-state index contributed by atoms with van der Waals surface area (Å²) in [6, 6.07) is 14.0. The summed E-state index contributed by atoms with van der Waals surface area (Å²) in [4.78, 5) is 12.4. The normalized spacial score (nSPS) is 12.0. The number of hydrogen-bond donors (Lipinski definition) is 1. The van der Waals surface area contributed by atoms with Crippen LogP contribution in [0.3, 0.4) is 0 Å². The molecule has 0 fully saturated rings. The van der Waals surface area contributed by atoms with E-state index < -0.39 is 17.2 Å². The quantitative estimate of drug-likeness (QED) is 0.851. The molecule has 2 aromatic carbocycles. The van der Waals surface area contributed by atoms with E-state index in [-0.39, 0.29) is 5.91 Å². The first-order valence-electron chi connectivity index (χ1n) is 7.21. The van der Waals surface area contributed by atoms with Crippen LogP contribution in [0, 0.1) is 5.41 Å². The molecule has 0 aromatic heterocycles. The number of nitrogens with one attached hydrogen (secondary N) is 1. The summed E-state index contributed by atoms with van der Waals surface area (Å²) in [5.41, 5.74) is -0.0346. The predicted molar refractivity (Wildman–Crippen MR) is 84.0 cm³/mol. The Balaban J connectivity index is 2.05. The molecule has 2 nitrogen and oxygen atoms in total. The van der Waals surface area contributed by atoms with E-state index in [1.165, 1.54) is 12.1 Å². The maximum Gasteiger partial charge on any atom is 0.416 e. The Labute approximate surface area is 133 Å². The van der Waals surface area contributed by atoms with Gasteiger partial charge in [-0.05, 0) is 36.2 Å². The van der Waals surface area contributed by atoms with Gasteiger partial charge in [0.05, 0.1) is 5.56 Å². The lowest BCUT2D eigenvalue weighted by Gasteiger charge is -2.24. The molecule has 0 atom stereocenters. The molecule has 0 spiro atoms. The van der Waals surface area contributed by atoms with Crippen LogP contribution in [-0.2, 0) is 17.4 Å². The Morgan fingerprint density at radius 2 is 1.52 bits per heavy atom. The van der Waals surface area contributed by atoms with Gasteiger partial charge in [0.1, 0.15) is 0 Å². The van der Waals surface area contributed by atoms with E-state index in [9.17, 15) is 18.0 Å². The Morgan fingerprint density at radius 3 is 2.04 bits per heavy atom. The SMILES string of the molecule is CC(C)(Cc1ccccc1)C(=O)Nc1ccc(C(F)(F)F)cc1. The first kappa shape index (κ1) is 17.1. The van der Waals surface area contributed by atoms with Crippen molar-refractivity contribution in [2.75, 3.05) is 5.32 Å². The van der Waals surface area contributed by atoms with E-state index in [4.69, 9.17) is 0 Å². The number of benzene rings is 2. The van der Waals surface area contributed by atoms with Gasteiger partial charge in [0.25, 0.3) is 0 Å². The molecule has 0 aliphatic carbocycles. The molecule has 0 aliphatic rings. The molecule has 0 unspecified atom stereocenters. The van der Waals surface area contributed by atoms with Crippen molar-refractivity contribution in [3.05, 3.63) is 65.7 Å². The van der Waals surface area contributed by atoms with Gasteiger partial charge in [-0.3, -0.25) is 4.79 Å². The molecule has 5 heteroatoms. The van der Waals surface area contributed by atoms with E-state index in [2.05, 4.69) is 5.32 Å². The summed E-state index contributed by atoms with van der Waals surface area (Å²) in [7, 11) is 0. The van der Waals surface area contributed by atoms with Crippen LogP contribution in [0.5, 0.6) is 0 Å². The Kier molecular flexibility index (Phi) is 4.78. The Hall–Kier alpha value is -2.30. The zero-order valence-electron chi connectivity index (χ0n) is 12.9. The van der Waals surface area contributed by atoms with Gasteiger partial charge >= 0.3 is 6.18 Å². The standard InChI is InChI=1S/C18H18F3NO/c1-17(2,12-13-6-4-3-5-7-13)16(23)22-15-10-8-14(9-11-15)18(19,20)21/h3-11H,12H2,1-2H3,(H,22,23). The van der Waals surface area contributed by atoms with Crippen LogP contribution in [0.25, 0.3) is 0 Å². The summed E-state index contributed by atoms with van der Waals surface area (Å²) >= 11 is 0. The van der Waals surface area contributed by atoms with E-state index >= 15 is 0 Å². The minimum Gasteiger partial charge on any atom is -0.326 e. The van der Waals surface area contributed by atoms with Crippen molar-refractivity contribution < 1.29 is 18.0 Å². The molecule has 0 radical (unpaired) electrons. The van der Waals surface area contributed by atoms with Gasteiger partial charge in [-0.15, -0.1) is 0 Å². The number of carbonyl (C=O) groups is 1. The summed E-state index contributed by atoms with van der Waals surface area (Å²) in [5.74, 6) is -0.235. The number of hydrogen-bond acceptors (Lipinski definition) is 1. The van der Waals surface area contributed by atoms with Gasteiger partial charge < -0.3 is 5.32 Å². The number of carbonyl (C=O) groups excluding carboxylic acids is 1. The highest BCUT2D eigenvalue weighted by Gasteiger charge is 2.31. The average molecular weight is 321 g/mol. The number of anilines is 1. The van der Waals surface area contributed by atoms with Crippen LogP contribution in [0.15, 0.2) is 54.6 Å². The summed E-state index contributed by atoms with van der Waals surface area (Å²) in [6.45, 7) is 3.61. The summed E-state index contributed by atoms with van der Waals surface area (Å²) < 4.78 is 37.6. The molecule has 0 heterocycles. The largest absolute Gasteiger partial charge is 0.416 e. The fourth-order valence-corrected chi connectivity index (χ4v) is 2.23. The van der Waals surface area contributed by atoms with Crippen LogP contribution in [-0.4, -0.2) is 5.91 Å². The van der Waals surface area contributed by atoms with Crippen LogP contribution in [0.4, 0.5) is 18.9 Å². The van der Waals surface area contributed by atoms with Crippen LogP contribution in [0.2, 0.25) is 0 Å². The van der Waals surface area contributed by atoms with Crippen molar-refractivity contribution in [3.63, 3.8) is 0 Å². The lowest BCUT2D eigenvalue weighted by atomic mass is 9.84. The molecule has 0 aliphatic heterocycles. The molecule has 1 N–H and O–H groups in total. The molecule has 2 aromatic rings. The fourth-order valence-electron chi connectivity index (χ4n) is 2.23. The third-order valence-corrected chi connectivity index (χ3v) is 3.57. The first-order chi connectivity index (χ1) is 10.7. The molecule has 0 saturated heterocycles. The third kappa shape index (κ3) is 4.58. The smallest absolute Gasteiger partial charge is 0.326 e. The lowest BCUT2D eigenvalue weighted by Crippen LogP contribution is -2.32. The van der Waals surface area contributed by atoms with E-state index in [1.54, 1.807) is 13.8 Å². The molecular weight excluding hydrogens is 303 g/mol. The fraction of sp³-hybridized carbons (Fsp3) is 0.278. The molecule has 1 amide bonds. The van der Waals surface area contributed by atoms with Crippen LogP contribution >= 0.6 is 0 Å². The second kappa shape index (κ2) is 6.44. The van der Waals surface area contributed by atoms with Crippen LogP contribution in [0.1, 0.15) is 25.0 Å². The Bertz CT molecular complexity index is 661. The summed E-state index contributed by atoms with van der Waals surface area (Å²) in [6.07, 6.45) is -3.84. The van der Waals surface area contributed by atoms with Gasteiger partial charge in [-0.1, -0.05) is 44.2 Å². The Morgan fingerprint density at radius 1 is 0.957 bits per heavy atom. The topological polar surface area (TPSA) is 29.1 Å². The van der Waals surface area contributed by atoms with Gasteiger partial charge in [0.15, 0.2) is 0 Å². The number of alkyl halides is 3. The second-order valence-corrected chi connectivity index (χ2v) is 6.08. The van der Waals surface area contributed by atoms with Crippen molar-refractivity contribution in [2.45, 2.75) is 26.4 Å². The first-order valence-corrected chi connectivity index (χ1v) is 7.21. The van der Waals surface area contributed by atoms with E-state index in [0.717, 1.165) is 17.7 Å². The highest BCUT2D eigenvalue weighted by molar-refractivity contribution is 5.95. The van der Waals surface area contributed by atoms with Crippen molar-refractivity contribution in [1.82, 2.24) is 0 Å². The van der Waals surface area contributed by atoms with E-state index in [1.807, 2.05) is 30.3 Å². The van der Waals surface area contributed by atoms with Gasteiger partial charge in [-0.25, -0.2) is 0 Å². The third-order valence-electron chi connectivity index (χ3n) is 3.57. The monoisotopic (exact) mass is 321 g/mol. The number of amides is 1. The summed E-state index contributed by atoms with van der Waals surface area (Å²) in [5, 5.41) is 2.67. The van der Waals surface area contributed by atoms with Crippen molar-refractivity contribution >= 4 is 11.6 Å². The molecule has 2 rings (SSSR count). The maximum atomic E-state index is 12.5. The minimum atomic E-state index is -4.38. The van der Waals surface area contributed by atoms with Crippen molar-refractivity contribution in [2.24, 2.45) is 5.41 Å². The van der Waals surface area contributed by atoms with Crippen LogP contribution < -0.4 is 5.32 Å². The molecule has 122 valence electrons. The highest BCUT2D eigenvalue weighted by atomic mass is 19.4. The number of halogens is 3. The molecule has 23 heavy (non-hydrogen) atoms. The highest BCUT2D eigenvalue weighted by Crippen LogP contribution is 2.30. The number of rotatable bonds is 4. The zero-order valence-corrected chi connectivity index (χ0v) is 12.9. The molecule has 0 bridgehead atoms. The van der Waals surface area contributed by atoms with Crippen molar-refractivity contribution in [1.29, 1.82) is 0 Å². The van der Waals surface area contributed by atoms with Gasteiger partial charge in [0.2, 0.25) is 5.91 Å². The minimum absolute atomic E-state index is 0.235.